The number of nitrogens with zero attached hydrogens (tertiary/aromatic N) is 3. The molecule has 6 nitrogen and oxygen atoms in total. The predicted octanol–water partition coefficient (Wildman–Crippen LogP) is 0.981. The fourth-order valence-corrected chi connectivity index (χ4v) is 1.64. The number of aryl methyl sites for hydroxylation is 1. The summed E-state index contributed by atoms with van der Waals surface area (Å²) < 4.78 is 1.66. The third-order valence-electron chi connectivity index (χ3n) is 2.30. The Labute approximate surface area is 109 Å². The van der Waals surface area contributed by atoms with Crippen molar-refractivity contribution in [3.05, 3.63) is 40.9 Å². The fourth-order valence-electron chi connectivity index (χ4n) is 1.45. The molecule has 0 spiro atoms. The lowest BCUT2D eigenvalue weighted by Gasteiger charge is -2.05. The first-order chi connectivity index (χ1) is 8.56. The summed E-state index contributed by atoms with van der Waals surface area (Å²) in [5.74, 6) is -0.328. The molecule has 7 heteroatoms. The van der Waals surface area contributed by atoms with Crippen LogP contribution in [0.25, 0.3) is 0 Å². The first-order valence-electron chi connectivity index (χ1n) is 5.24. The smallest absolute Gasteiger partial charge is 0.254 e. The van der Waals surface area contributed by atoms with Gasteiger partial charge in [0.25, 0.3) is 5.91 Å². The van der Waals surface area contributed by atoms with Crippen LogP contribution in [-0.2, 0) is 13.6 Å². The molecule has 0 unspecified atom stereocenters. The van der Waals surface area contributed by atoms with Crippen molar-refractivity contribution < 1.29 is 4.79 Å². The van der Waals surface area contributed by atoms with Gasteiger partial charge in [-0.25, -0.2) is 4.98 Å². The molecule has 18 heavy (non-hydrogen) atoms. The van der Waals surface area contributed by atoms with E-state index in [9.17, 15) is 4.79 Å². The lowest BCUT2D eigenvalue weighted by Crippen LogP contribution is -2.23. The van der Waals surface area contributed by atoms with Crippen LogP contribution in [0.4, 0.5) is 5.69 Å². The van der Waals surface area contributed by atoms with Gasteiger partial charge in [-0.1, -0.05) is 11.6 Å². The summed E-state index contributed by atoms with van der Waals surface area (Å²) in [6.07, 6.45) is 3.20. The van der Waals surface area contributed by atoms with Gasteiger partial charge < -0.3 is 11.1 Å². The Hall–Kier alpha value is -2.08. The molecular weight excluding hydrogens is 254 g/mol. The highest BCUT2D eigenvalue weighted by atomic mass is 35.5. The van der Waals surface area contributed by atoms with Gasteiger partial charge in [0.15, 0.2) is 0 Å². The van der Waals surface area contributed by atoms with Crippen molar-refractivity contribution in [2.24, 2.45) is 7.05 Å². The molecule has 0 aliphatic rings. The van der Waals surface area contributed by atoms with Crippen LogP contribution < -0.4 is 11.1 Å². The van der Waals surface area contributed by atoms with E-state index in [0.29, 0.717) is 12.2 Å². The van der Waals surface area contributed by atoms with E-state index in [1.807, 2.05) is 13.1 Å². The molecule has 0 atom stereocenters. The van der Waals surface area contributed by atoms with Crippen LogP contribution in [0.1, 0.15) is 16.1 Å². The molecule has 0 aromatic carbocycles. The summed E-state index contributed by atoms with van der Waals surface area (Å²) in [6.45, 7) is 0.324. The van der Waals surface area contributed by atoms with E-state index < -0.39 is 0 Å². The molecule has 0 saturated heterocycles. The van der Waals surface area contributed by atoms with Gasteiger partial charge in [-0.3, -0.25) is 9.48 Å². The van der Waals surface area contributed by atoms with Crippen molar-refractivity contribution in [1.82, 2.24) is 20.1 Å². The van der Waals surface area contributed by atoms with E-state index in [1.165, 1.54) is 12.3 Å². The molecule has 0 radical (unpaired) electrons. The molecule has 2 rings (SSSR count). The van der Waals surface area contributed by atoms with Gasteiger partial charge in [0, 0.05) is 13.2 Å². The van der Waals surface area contributed by atoms with E-state index in [2.05, 4.69) is 15.4 Å². The molecular formula is C11H12ClN5O. The SMILES string of the molecule is Cn1ccc(CNC(=O)c2cc(N)cnc2Cl)n1. The number of hydrogen-bond acceptors (Lipinski definition) is 4. The molecule has 0 saturated carbocycles. The molecule has 2 heterocycles. The monoisotopic (exact) mass is 265 g/mol. The van der Waals surface area contributed by atoms with E-state index in [0.717, 1.165) is 5.69 Å². The number of aromatic nitrogens is 3. The van der Waals surface area contributed by atoms with Crippen molar-refractivity contribution in [3.8, 4) is 0 Å². The van der Waals surface area contributed by atoms with E-state index in [-0.39, 0.29) is 16.6 Å². The number of pyridine rings is 1. The Morgan fingerprint density at radius 2 is 2.39 bits per heavy atom. The lowest BCUT2D eigenvalue weighted by molar-refractivity contribution is 0.0950. The van der Waals surface area contributed by atoms with Gasteiger partial charge in [-0.2, -0.15) is 5.10 Å². The van der Waals surface area contributed by atoms with Crippen molar-refractivity contribution in [3.63, 3.8) is 0 Å². The van der Waals surface area contributed by atoms with Crippen LogP contribution >= 0.6 is 11.6 Å². The number of anilines is 1. The van der Waals surface area contributed by atoms with E-state index >= 15 is 0 Å². The molecule has 0 bridgehead atoms. The number of nitrogens with two attached hydrogens (primary N) is 1. The standard InChI is InChI=1S/C11H12ClN5O/c1-17-3-2-8(16-17)6-15-11(18)9-4-7(13)5-14-10(9)12/h2-5H,6,13H2,1H3,(H,15,18). The first kappa shape index (κ1) is 12.4. The zero-order valence-electron chi connectivity index (χ0n) is 9.72. The molecule has 2 aromatic heterocycles. The Balaban J connectivity index is 2.05. The van der Waals surface area contributed by atoms with Crippen molar-refractivity contribution in [2.75, 3.05) is 5.73 Å². The van der Waals surface area contributed by atoms with Crippen LogP contribution in [0.5, 0.6) is 0 Å². The second-order valence-electron chi connectivity index (χ2n) is 3.77. The number of halogens is 1. The summed E-state index contributed by atoms with van der Waals surface area (Å²) in [5.41, 5.74) is 6.97. The van der Waals surface area contributed by atoms with Crippen LogP contribution in [0, 0.1) is 0 Å². The summed E-state index contributed by atoms with van der Waals surface area (Å²) in [4.78, 5) is 15.7. The maximum absolute atomic E-state index is 11.9. The maximum Gasteiger partial charge on any atom is 0.254 e. The Morgan fingerprint density at radius 3 is 3.06 bits per heavy atom. The predicted molar refractivity (Wildman–Crippen MR) is 68.0 cm³/mol. The largest absolute Gasteiger partial charge is 0.397 e. The Bertz CT molecular complexity index is 581. The van der Waals surface area contributed by atoms with Gasteiger partial charge in [0.2, 0.25) is 0 Å². The average molecular weight is 266 g/mol. The first-order valence-corrected chi connectivity index (χ1v) is 5.62. The number of nitrogen functional groups attached to an aromatic ring is 1. The van der Waals surface area contributed by atoms with Gasteiger partial charge >= 0.3 is 0 Å². The van der Waals surface area contributed by atoms with Crippen molar-refractivity contribution in [2.45, 2.75) is 6.54 Å². The number of rotatable bonds is 3. The third-order valence-corrected chi connectivity index (χ3v) is 2.60. The van der Waals surface area contributed by atoms with E-state index in [1.54, 1.807) is 10.9 Å². The number of carbonyl (C=O) groups excluding carboxylic acids is 1. The van der Waals surface area contributed by atoms with Gasteiger partial charge in [-0.15, -0.1) is 0 Å². The molecule has 0 aliphatic heterocycles. The molecule has 0 fully saturated rings. The highest BCUT2D eigenvalue weighted by Gasteiger charge is 2.12. The van der Waals surface area contributed by atoms with Crippen LogP contribution in [-0.4, -0.2) is 20.7 Å². The lowest BCUT2D eigenvalue weighted by atomic mass is 10.2. The maximum atomic E-state index is 11.9. The topological polar surface area (TPSA) is 85.8 Å². The van der Waals surface area contributed by atoms with Gasteiger partial charge in [-0.05, 0) is 12.1 Å². The molecule has 0 aliphatic carbocycles. The number of carbonyl (C=O) groups is 1. The summed E-state index contributed by atoms with van der Waals surface area (Å²) in [5, 5.41) is 6.97. The minimum atomic E-state index is -0.328. The average Bonchev–Trinajstić information content (AvgIpc) is 2.75. The quantitative estimate of drug-likeness (QED) is 0.810. The molecule has 1 amide bonds. The van der Waals surface area contributed by atoms with Crippen LogP contribution in [0.3, 0.4) is 0 Å². The Morgan fingerprint density at radius 1 is 1.61 bits per heavy atom. The van der Waals surface area contributed by atoms with Crippen LogP contribution in [0.15, 0.2) is 24.5 Å². The van der Waals surface area contributed by atoms with E-state index in [4.69, 9.17) is 17.3 Å². The molecule has 2 aromatic rings. The second-order valence-corrected chi connectivity index (χ2v) is 4.13. The normalized spacial score (nSPS) is 10.3. The number of amides is 1. The van der Waals surface area contributed by atoms with Crippen molar-refractivity contribution in [1.29, 1.82) is 0 Å². The second kappa shape index (κ2) is 5.05. The fraction of sp³-hybridized carbons (Fsp3) is 0.182. The minimum Gasteiger partial charge on any atom is -0.397 e. The van der Waals surface area contributed by atoms with Gasteiger partial charge in [0.05, 0.1) is 29.7 Å². The van der Waals surface area contributed by atoms with Crippen molar-refractivity contribution >= 4 is 23.2 Å². The number of nitrogens with one attached hydrogen (secondary N) is 1. The summed E-state index contributed by atoms with van der Waals surface area (Å²) in [7, 11) is 1.81. The highest BCUT2D eigenvalue weighted by Crippen LogP contribution is 2.15. The Kier molecular flexibility index (Phi) is 3.47. The summed E-state index contributed by atoms with van der Waals surface area (Å²) >= 11 is 5.83. The zero-order chi connectivity index (χ0) is 13.1. The zero-order valence-corrected chi connectivity index (χ0v) is 10.5. The summed E-state index contributed by atoms with van der Waals surface area (Å²) in [6, 6.07) is 3.31. The minimum absolute atomic E-state index is 0.128. The molecule has 94 valence electrons. The molecule has 3 N–H and O–H groups in total. The number of hydrogen-bond donors (Lipinski definition) is 2. The highest BCUT2D eigenvalue weighted by molar-refractivity contribution is 6.32. The van der Waals surface area contributed by atoms with Crippen LogP contribution in [0.2, 0.25) is 5.15 Å². The third kappa shape index (κ3) is 2.78. The van der Waals surface area contributed by atoms with Gasteiger partial charge in [0.1, 0.15) is 5.15 Å².